The first kappa shape index (κ1) is 10.6. The van der Waals surface area contributed by atoms with E-state index in [0.717, 1.165) is 0 Å². The number of nitrogens with zero attached hydrogens (tertiary/aromatic N) is 1. The van der Waals surface area contributed by atoms with Crippen molar-refractivity contribution in [2.75, 3.05) is 0 Å². The Morgan fingerprint density at radius 1 is 1.56 bits per heavy atom. The second kappa shape index (κ2) is 3.59. The van der Waals surface area contributed by atoms with E-state index in [1.165, 1.54) is 30.0 Å². The van der Waals surface area contributed by atoms with Gasteiger partial charge in [0.25, 0.3) is 5.91 Å². The molecular formula is C11H10FNO3. The molecule has 1 atom stereocenters. The molecule has 0 aromatic heterocycles. The molecule has 5 heteroatoms. The van der Waals surface area contributed by atoms with Crippen LogP contribution in [0.2, 0.25) is 0 Å². The first-order valence-corrected chi connectivity index (χ1v) is 4.83. The third-order valence-corrected chi connectivity index (χ3v) is 2.72. The first-order chi connectivity index (χ1) is 7.50. The molecule has 0 bridgehead atoms. The maximum Gasteiger partial charge on any atom is 0.326 e. The Morgan fingerprint density at radius 2 is 2.25 bits per heavy atom. The lowest BCUT2D eigenvalue weighted by Crippen LogP contribution is -2.38. The molecule has 0 spiro atoms. The Balaban J connectivity index is 2.34. The van der Waals surface area contributed by atoms with Crippen LogP contribution in [0.1, 0.15) is 22.8 Å². The zero-order valence-electron chi connectivity index (χ0n) is 8.61. The number of hydrogen-bond donors (Lipinski definition) is 1. The summed E-state index contributed by atoms with van der Waals surface area (Å²) in [5, 5.41) is 8.83. The summed E-state index contributed by atoms with van der Waals surface area (Å²) >= 11 is 0. The molecule has 1 aliphatic rings. The van der Waals surface area contributed by atoms with Crippen LogP contribution in [0.5, 0.6) is 0 Å². The summed E-state index contributed by atoms with van der Waals surface area (Å²) in [5.74, 6) is -1.84. The lowest BCUT2D eigenvalue weighted by Gasteiger charge is -2.19. The monoisotopic (exact) mass is 223 g/mol. The normalized spacial score (nSPS) is 16.1. The average Bonchev–Trinajstić information content (AvgIpc) is 2.54. The number of halogens is 1. The minimum Gasteiger partial charge on any atom is -0.480 e. The SMILES string of the molecule is C[C@H](C(=O)O)N1Cc2cc(F)ccc2C1=O. The molecule has 0 saturated carbocycles. The van der Waals surface area contributed by atoms with Gasteiger partial charge in [-0.15, -0.1) is 0 Å². The van der Waals surface area contributed by atoms with Crippen LogP contribution in [0.15, 0.2) is 18.2 Å². The number of benzene rings is 1. The van der Waals surface area contributed by atoms with Gasteiger partial charge in [-0.25, -0.2) is 9.18 Å². The maximum atomic E-state index is 12.9. The number of carboxylic acids is 1. The van der Waals surface area contributed by atoms with E-state index in [1.807, 2.05) is 0 Å². The molecule has 1 aromatic carbocycles. The number of carbonyl (C=O) groups excluding carboxylic acids is 1. The van der Waals surface area contributed by atoms with Crippen LogP contribution in [-0.2, 0) is 11.3 Å². The van der Waals surface area contributed by atoms with E-state index in [1.54, 1.807) is 0 Å². The fraction of sp³-hybridized carbons (Fsp3) is 0.273. The molecule has 1 N–H and O–H groups in total. The van der Waals surface area contributed by atoms with Crippen molar-refractivity contribution < 1.29 is 19.1 Å². The summed E-state index contributed by atoms with van der Waals surface area (Å²) in [6.45, 7) is 1.59. The van der Waals surface area contributed by atoms with Crippen molar-refractivity contribution in [3.05, 3.63) is 35.1 Å². The van der Waals surface area contributed by atoms with E-state index < -0.39 is 17.8 Å². The van der Waals surface area contributed by atoms with Crippen LogP contribution in [0.4, 0.5) is 4.39 Å². The van der Waals surface area contributed by atoms with Crippen molar-refractivity contribution in [3.63, 3.8) is 0 Å². The minimum absolute atomic E-state index is 0.152. The molecule has 0 fully saturated rings. The molecule has 1 aromatic rings. The second-order valence-electron chi connectivity index (χ2n) is 3.75. The van der Waals surface area contributed by atoms with E-state index in [2.05, 4.69) is 0 Å². The van der Waals surface area contributed by atoms with Crippen LogP contribution in [-0.4, -0.2) is 27.9 Å². The fourth-order valence-corrected chi connectivity index (χ4v) is 1.76. The Hall–Kier alpha value is -1.91. The summed E-state index contributed by atoms with van der Waals surface area (Å²) in [4.78, 5) is 23.8. The van der Waals surface area contributed by atoms with Gasteiger partial charge in [-0.05, 0) is 30.7 Å². The Morgan fingerprint density at radius 3 is 2.88 bits per heavy atom. The van der Waals surface area contributed by atoms with Crippen LogP contribution >= 0.6 is 0 Å². The number of amides is 1. The van der Waals surface area contributed by atoms with Crippen molar-refractivity contribution in [3.8, 4) is 0 Å². The van der Waals surface area contributed by atoms with Crippen molar-refractivity contribution >= 4 is 11.9 Å². The molecule has 1 heterocycles. The number of rotatable bonds is 2. The van der Waals surface area contributed by atoms with E-state index in [0.29, 0.717) is 11.1 Å². The molecule has 84 valence electrons. The number of fused-ring (bicyclic) bond motifs is 1. The lowest BCUT2D eigenvalue weighted by atomic mass is 10.1. The van der Waals surface area contributed by atoms with Crippen molar-refractivity contribution in [2.24, 2.45) is 0 Å². The highest BCUT2D eigenvalue weighted by molar-refractivity contribution is 6.00. The van der Waals surface area contributed by atoms with Crippen molar-refractivity contribution in [2.45, 2.75) is 19.5 Å². The molecule has 0 unspecified atom stereocenters. The lowest BCUT2D eigenvalue weighted by molar-refractivity contribution is -0.141. The van der Waals surface area contributed by atoms with Gasteiger partial charge in [0.1, 0.15) is 11.9 Å². The van der Waals surface area contributed by atoms with Gasteiger partial charge < -0.3 is 10.0 Å². The van der Waals surface area contributed by atoms with E-state index in [4.69, 9.17) is 5.11 Å². The highest BCUT2D eigenvalue weighted by Crippen LogP contribution is 2.25. The zero-order chi connectivity index (χ0) is 11.9. The third-order valence-electron chi connectivity index (χ3n) is 2.72. The standard InChI is InChI=1S/C11H10FNO3/c1-6(11(15)16)13-5-7-4-8(12)2-3-9(7)10(13)14/h2-4,6H,5H2,1H3,(H,15,16)/t6-/m1/s1. The van der Waals surface area contributed by atoms with Crippen LogP contribution in [0, 0.1) is 5.82 Å². The van der Waals surface area contributed by atoms with Gasteiger partial charge in [-0.3, -0.25) is 4.79 Å². The van der Waals surface area contributed by atoms with Crippen molar-refractivity contribution in [1.82, 2.24) is 4.90 Å². The van der Waals surface area contributed by atoms with Gasteiger partial charge in [0.2, 0.25) is 0 Å². The fourth-order valence-electron chi connectivity index (χ4n) is 1.76. The summed E-state index contributed by atoms with van der Waals surface area (Å²) < 4.78 is 12.9. The molecule has 1 amide bonds. The van der Waals surface area contributed by atoms with E-state index >= 15 is 0 Å². The first-order valence-electron chi connectivity index (χ1n) is 4.83. The Kier molecular flexibility index (Phi) is 2.38. The topological polar surface area (TPSA) is 57.6 Å². The van der Waals surface area contributed by atoms with E-state index in [-0.39, 0.29) is 12.5 Å². The molecule has 4 nitrogen and oxygen atoms in total. The number of hydrogen-bond acceptors (Lipinski definition) is 2. The predicted molar refractivity (Wildman–Crippen MR) is 53.4 cm³/mol. The highest BCUT2D eigenvalue weighted by Gasteiger charge is 2.33. The summed E-state index contributed by atoms with van der Waals surface area (Å²) in [5.41, 5.74) is 0.924. The molecule has 0 aliphatic carbocycles. The molecule has 2 rings (SSSR count). The van der Waals surface area contributed by atoms with E-state index in [9.17, 15) is 14.0 Å². The van der Waals surface area contributed by atoms with Gasteiger partial charge in [0.05, 0.1) is 0 Å². The van der Waals surface area contributed by atoms with Gasteiger partial charge >= 0.3 is 5.97 Å². The average molecular weight is 223 g/mol. The van der Waals surface area contributed by atoms with Gasteiger partial charge in [0.15, 0.2) is 0 Å². The second-order valence-corrected chi connectivity index (χ2v) is 3.75. The highest BCUT2D eigenvalue weighted by atomic mass is 19.1. The predicted octanol–water partition coefficient (Wildman–Crippen LogP) is 1.25. The van der Waals surface area contributed by atoms with Crippen LogP contribution < -0.4 is 0 Å². The summed E-state index contributed by atoms with van der Waals surface area (Å²) in [7, 11) is 0. The molecule has 0 radical (unpaired) electrons. The van der Waals surface area contributed by atoms with Gasteiger partial charge in [-0.1, -0.05) is 0 Å². The zero-order valence-corrected chi connectivity index (χ0v) is 8.61. The molecule has 1 aliphatic heterocycles. The van der Waals surface area contributed by atoms with Crippen molar-refractivity contribution in [1.29, 1.82) is 0 Å². The number of carboxylic acid groups (broad SMARTS) is 1. The largest absolute Gasteiger partial charge is 0.480 e. The maximum absolute atomic E-state index is 12.9. The number of aliphatic carboxylic acids is 1. The minimum atomic E-state index is -1.07. The Labute approximate surface area is 91.3 Å². The summed E-state index contributed by atoms with van der Waals surface area (Å²) in [6.07, 6.45) is 0. The smallest absolute Gasteiger partial charge is 0.326 e. The molecular weight excluding hydrogens is 213 g/mol. The molecule has 0 saturated heterocycles. The third kappa shape index (κ3) is 1.54. The number of carbonyl (C=O) groups is 2. The quantitative estimate of drug-likeness (QED) is 0.821. The molecule has 16 heavy (non-hydrogen) atoms. The van der Waals surface area contributed by atoms with Gasteiger partial charge in [0, 0.05) is 12.1 Å². The van der Waals surface area contributed by atoms with Gasteiger partial charge in [-0.2, -0.15) is 0 Å². The van der Waals surface area contributed by atoms with Crippen LogP contribution in [0.3, 0.4) is 0 Å². The Bertz CT molecular complexity index is 472. The van der Waals surface area contributed by atoms with Crippen LogP contribution in [0.25, 0.3) is 0 Å². The summed E-state index contributed by atoms with van der Waals surface area (Å²) in [6, 6.07) is 2.96.